The summed E-state index contributed by atoms with van der Waals surface area (Å²) in [4.78, 5) is 0. The van der Waals surface area contributed by atoms with E-state index in [0.29, 0.717) is 12.5 Å². The quantitative estimate of drug-likeness (QED) is 0.827. The lowest BCUT2D eigenvalue weighted by Gasteiger charge is -2.22. The lowest BCUT2D eigenvalue weighted by Crippen LogP contribution is -2.14. The molecule has 0 amide bonds. The molecule has 1 rings (SSSR count). The summed E-state index contributed by atoms with van der Waals surface area (Å²) in [6.45, 7) is 8.96. The Morgan fingerprint density at radius 3 is 2.12 bits per heavy atom. The largest absolute Gasteiger partial charge is 0.494 e. The van der Waals surface area contributed by atoms with Gasteiger partial charge >= 0.3 is 0 Å². The topological polar surface area (TPSA) is 29.5 Å². The summed E-state index contributed by atoms with van der Waals surface area (Å²) in [5.74, 6) is 1.59. The summed E-state index contributed by atoms with van der Waals surface area (Å²) < 4.78 is 5.37. The molecule has 0 aliphatic heterocycles. The normalized spacial score (nSPS) is 14.9. The number of aliphatic hydroxyl groups is 1. The zero-order valence-electron chi connectivity index (χ0n) is 10.6. The fraction of sp³-hybridized carbons (Fsp3) is 0.571. The van der Waals surface area contributed by atoms with E-state index in [9.17, 15) is 5.11 Å². The van der Waals surface area contributed by atoms with Crippen LogP contribution in [0.4, 0.5) is 0 Å². The molecule has 0 saturated carbocycles. The third kappa shape index (κ3) is 3.24. The molecule has 0 aromatic heterocycles. The van der Waals surface area contributed by atoms with Gasteiger partial charge in [-0.25, -0.2) is 0 Å². The molecule has 2 unspecified atom stereocenters. The maximum absolute atomic E-state index is 10.1. The highest BCUT2D eigenvalue weighted by molar-refractivity contribution is 5.28. The summed E-state index contributed by atoms with van der Waals surface area (Å²) in [7, 11) is 0. The molecule has 1 aromatic rings. The minimum Gasteiger partial charge on any atom is -0.494 e. The van der Waals surface area contributed by atoms with Crippen molar-refractivity contribution < 1.29 is 9.84 Å². The van der Waals surface area contributed by atoms with E-state index in [4.69, 9.17) is 4.74 Å². The van der Waals surface area contributed by atoms with E-state index in [1.54, 1.807) is 0 Å². The van der Waals surface area contributed by atoms with E-state index in [1.165, 1.54) is 0 Å². The lowest BCUT2D eigenvalue weighted by atomic mass is 9.88. The molecule has 1 N–H and O–H groups in total. The van der Waals surface area contributed by atoms with Gasteiger partial charge in [0.15, 0.2) is 0 Å². The molecule has 0 bridgehead atoms. The maximum Gasteiger partial charge on any atom is 0.119 e. The van der Waals surface area contributed by atoms with Crippen LogP contribution in [0.15, 0.2) is 24.3 Å². The Labute approximate surface area is 98.3 Å². The molecule has 1 aromatic carbocycles. The van der Waals surface area contributed by atoms with Crippen molar-refractivity contribution in [3.63, 3.8) is 0 Å². The lowest BCUT2D eigenvalue weighted by molar-refractivity contribution is 0.0920. The molecule has 90 valence electrons. The van der Waals surface area contributed by atoms with Crippen molar-refractivity contribution in [3.05, 3.63) is 29.8 Å². The first-order valence-corrected chi connectivity index (χ1v) is 5.97. The van der Waals surface area contributed by atoms with E-state index >= 15 is 0 Å². The van der Waals surface area contributed by atoms with Crippen molar-refractivity contribution in [1.29, 1.82) is 0 Å². The number of hydrogen-bond acceptors (Lipinski definition) is 2. The zero-order valence-corrected chi connectivity index (χ0v) is 10.6. The maximum atomic E-state index is 10.1. The van der Waals surface area contributed by atoms with Gasteiger partial charge in [-0.3, -0.25) is 0 Å². The Morgan fingerprint density at radius 2 is 1.69 bits per heavy atom. The van der Waals surface area contributed by atoms with Gasteiger partial charge in [-0.2, -0.15) is 0 Å². The third-order valence-electron chi connectivity index (χ3n) is 3.08. The number of benzene rings is 1. The van der Waals surface area contributed by atoms with Gasteiger partial charge in [-0.1, -0.05) is 32.9 Å². The van der Waals surface area contributed by atoms with Crippen molar-refractivity contribution in [2.45, 2.75) is 33.8 Å². The average molecular weight is 222 g/mol. The molecule has 0 saturated heterocycles. The molecule has 0 radical (unpaired) electrons. The number of ether oxygens (including phenoxy) is 1. The van der Waals surface area contributed by atoms with E-state index in [1.807, 2.05) is 31.2 Å². The van der Waals surface area contributed by atoms with E-state index in [2.05, 4.69) is 20.8 Å². The second kappa shape index (κ2) is 5.90. The van der Waals surface area contributed by atoms with Gasteiger partial charge in [0, 0.05) is 0 Å². The van der Waals surface area contributed by atoms with Crippen LogP contribution in [0.5, 0.6) is 5.75 Å². The predicted molar refractivity (Wildman–Crippen MR) is 66.6 cm³/mol. The van der Waals surface area contributed by atoms with Crippen molar-refractivity contribution in [3.8, 4) is 5.75 Å². The first kappa shape index (κ1) is 13.0. The molecule has 0 aliphatic rings. The molecular formula is C14H22O2. The van der Waals surface area contributed by atoms with Crippen LogP contribution in [0.1, 0.15) is 39.4 Å². The summed E-state index contributed by atoms with van der Waals surface area (Å²) >= 11 is 0. The standard InChI is InChI=1S/C14H22O2/c1-5-16-13-8-6-12(7-9-13)14(15)11(4)10(2)3/h6-11,14-15H,5H2,1-4H3. The molecule has 0 fully saturated rings. The fourth-order valence-electron chi connectivity index (χ4n) is 1.60. The molecule has 0 spiro atoms. The number of hydrogen-bond donors (Lipinski definition) is 1. The monoisotopic (exact) mass is 222 g/mol. The molecule has 2 atom stereocenters. The van der Waals surface area contributed by atoms with Crippen LogP contribution in [-0.2, 0) is 0 Å². The van der Waals surface area contributed by atoms with E-state index in [-0.39, 0.29) is 5.92 Å². The second-order valence-electron chi connectivity index (χ2n) is 4.55. The van der Waals surface area contributed by atoms with Crippen LogP contribution < -0.4 is 4.74 Å². The number of aliphatic hydroxyl groups excluding tert-OH is 1. The van der Waals surface area contributed by atoms with Gasteiger partial charge in [-0.05, 0) is 36.5 Å². The SMILES string of the molecule is CCOc1ccc(C(O)C(C)C(C)C)cc1. The first-order chi connectivity index (χ1) is 7.56. The van der Waals surface area contributed by atoms with Gasteiger partial charge < -0.3 is 9.84 Å². The smallest absolute Gasteiger partial charge is 0.119 e. The highest BCUT2D eigenvalue weighted by atomic mass is 16.5. The second-order valence-corrected chi connectivity index (χ2v) is 4.55. The van der Waals surface area contributed by atoms with Gasteiger partial charge in [0.1, 0.15) is 5.75 Å². The van der Waals surface area contributed by atoms with Gasteiger partial charge in [-0.15, -0.1) is 0 Å². The molecule has 2 heteroatoms. The molecule has 16 heavy (non-hydrogen) atoms. The molecule has 0 aliphatic carbocycles. The Hall–Kier alpha value is -1.02. The Bertz CT molecular complexity index is 303. The first-order valence-electron chi connectivity index (χ1n) is 5.97. The summed E-state index contributed by atoms with van der Waals surface area (Å²) in [5.41, 5.74) is 0.963. The third-order valence-corrected chi connectivity index (χ3v) is 3.08. The molecule has 0 heterocycles. The van der Waals surface area contributed by atoms with Crippen molar-refractivity contribution in [2.24, 2.45) is 11.8 Å². The summed E-state index contributed by atoms with van der Waals surface area (Å²) in [6, 6.07) is 7.70. The van der Waals surface area contributed by atoms with Crippen LogP contribution in [0.2, 0.25) is 0 Å². The highest BCUT2D eigenvalue weighted by Crippen LogP contribution is 2.28. The van der Waals surface area contributed by atoms with Crippen LogP contribution in [0.3, 0.4) is 0 Å². The molecular weight excluding hydrogens is 200 g/mol. The van der Waals surface area contributed by atoms with Crippen molar-refractivity contribution in [1.82, 2.24) is 0 Å². The predicted octanol–water partition coefficient (Wildman–Crippen LogP) is 3.41. The number of rotatable bonds is 5. The Balaban J connectivity index is 2.73. The minimum atomic E-state index is -0.393. The fourth-order valence-corrected chi connectivity index (χ4v) is 1.60. The zero-order chi connectivity index (χ0) is 12.1. The van der Waals surface area contributed by atoms with Gasteiger partial charge in [0.25, 0.3) is 0 Å². The summed E-state index contributed by atoms with van der Waals surface area (Å²) in [5, 5.41) is 10.1. The van der Waals surface area contributed by atoms with Crippen molar-refractivity contribution >= 4 is 0 Å². The van der Waals surface area contributed by atoms with E-state index in [0.717, 1.165) is 11.3 Å². The summed E-state index contributed by atoms with van der Waals surface area (Å²) in [6.07, 6.45) is -0.393. The van der Waals surface area contributed by atoms with Crippen LogP contribution in [0, 0.1) is 11.8 Å². The highest BCUT2D eigenvalue weighted by Gasteiger charge is 2.19. The van der Waals surface area contributed by atoms with Crippen LogP contribution >= 0.6 is 0 Å². The Morgan fingerprint density at radius 1 is 1.12 bits per heavy atom. The van der Waals surface area contributed by atoms with Crippen molar-refractivity contribution in [2.75, 3.05) is 6.61 Å². The van der Waals surface area contributed by atoms with Gasteiger partial charge in [0.05, 0.1) is 12.7 Å². The van der Waals surface area contributed by atoms with Gasteiger partial charge in [0.2, 0.25) is 0 Å². The van der Waals surface area contributed by atoms with E-state index < -0.39 is 6.10 Å². The molecule has 2 nitrogen and oxygen atoms in total. The van der Waals surface area contributed by atoms with Crippen LogP contribution in [-0.4, -0.2) is 11.7 Å². The average Bonchev–Trinajstić information content (AvgIpc) is 2.28. The Kier molecular flexibility index (Phi) is 4.81. The minimum absolute atomic E-state index is 0.262. The van der Waals surface area contributed by atoms with Crippen LogP contribution in [0.25, 0.3) is 0 Å².